The third kappa shape index (κ3) is 3.51. The van der Waals surface area contributed by atoms with Gasteiger partial charge in [-0.05, 0) is 41.0 Å². The summed E-state index contributed by atoms with van der Waals surface area (Å²) in [7, 11) is 0. The molecule has 3 aliphatic heterocycles. The summed E-state index contributed by atoms with van der Waals surface area (Å²) < 4.78 is 23.6. The van der Waals surface area contributed by atoms with Gasteiger partial charge in [0, 0.05) is 17.3 Å². The van der Waals surface area contributed by atoms with Crippen molar-refractivity contribution in [1.82, 2.24) is 0 Å². The highest BCUT2D eigenvalue weighted by Gasteiger charge is 2.57. The molecule has 0 bridgehead atoms. The van der Waals surface area contributed by atoms with Crippen LogP contribution in [0.2, 0.25) is 0 Å². The van der Waals surface area contributed by atoms with E-state index >= 15 is 0 Å². The van der Waals surface area contributed by atoms with E-state index in [1.54, 1.807) is 0 Å². The van der Waals surface area contributed by atoms with Crippen molar-refractivity contribution >= 4 is 11.6 Å². The van der Waals surface area contributed by atoms with E-state index in [9.17, 15) is 4.79 Å². The monoisotopic (exact) mass is 491 g/mol. The lowest BCUT2D eigenvalue weighted by Crippen LogP contribution is -2.42. The second-order valence-electron chi connectivity index (χ2n) is 9.51. The Balaban J connectivity index is 1.17. The van der Waals surface area contributed by atoms with Gasteiger partial charge in [-0.1, -0.05) is 60.7 Å². The number of rotatable bonds is 5. The maximum atomic E-state index is 14.2. The lowest BCUT2D eigenvalue weighted by molar-refractivity contribution is -0.122. The molecule has 1 atom stereocenters. The molecule has 1 unspecified atom stereocenters. The van der Waals surface area contributed by atoms with Gasteiger partial charge in [0.05, 0.1) is 6.54 Å². The number of fused-ring (bicyclic) bond motifs is 5. The van der Waals surface area contributed by atoms with Gasteiger partial charge in [0.25, 0.3) is 0 Å². The molecule has 0 radical (unpaired) electrons. The normalized spacial score (nSPS) is 18.9. The Hall–Kier alpha value is -4.45. The van der Waals surface area contributed by atoms with E-state index in [0.29, 0.717) is 43.6 Å². The number of carbonyl (C=O) groups excluding carboxylic acids is 1. The van der Waals surface area contributed by atoms with E-state index in [1.165, 1.54) is 0 Å². The number of carbonyl (C=O) groups is 1. The molecule has 0 fully saturated rings. The van der Waals surface area contributed by atoms with Gasteiger partial charge in [0.15, 0.2) is 11.5 Å². The largest absolute Gasteiger partial charge is 0.491 e. The van der Waals surface area contributed by atoms with Crippen molar-refractivity contribution in [1.29, 1.82) is 0 Å². The van der Waals surface area contributed by atoms with Crippen molar-refractivity contribution in [3.05, 3.63) is 113 Å². The van der Waals surface area contributed by atoms with Crippen LogP contribution < -0.4 is 23.8 Å². The van der Waals surface area contributed by atoms with E-state index < -0.39 is 5.41 Å². The second-order valence-corrected chi connectivity index (χ2v) is 9.51. The molecule has 3 heterocycles. The van der Waals surface area contributed by atoms with Crippen LogP contribution in [0.3, 0.4) is 0 Å². The number of amides is 1. The van der Waals surface area contributed by atoms with E-state index in [1.807, 2.05) is 95.9 Å². The number of hydrogen-bond acceptors (Lipinski definition) is 5. The molecular formula is C31H25NO5. The molecule has 0 aliphatic carbocycles. The second kappa shape index (κ2) is 8.59. The maximum absolute atomic E-state index is 14.2. The predicted octanol–water partition coefficient (Wildman–Crippen LogP) is 5.26. The molecule has 1 spiro atoms. The van der Waals surface area contributed by atoms with Crippen molar-refractivity contribution in [2.24, 2.45) is 0 Å². The van der Waals surface area contributed by atoms with Crippen LogP contribution in [0.4, 0.5) is 5.69 Å². The maximum Gasteiger partial charge on any atom is 0.246 e. The van der Waals surface area contributed by atoms with Gasteiger partial charge in [-0.25, -0.2) is 0 Å². The average Bonchev–Trinajstić information content (AvgIpc) is 3.44. The van der Waals surface area contributed by atoms with Crippen molar-refractivity contribution in [3.8, 4) is 23.0 Å². The molecule has 184 valence electrons. The third-order valence-corrected chi connectivity index (χ3v) is 7.33. The molecule has 0 saturated carbocycles. The minimum Gasteiger partial charge on any atom is -0.491 e. The highest BCUT2D eigenvalue weighted by atomic mass is 16.6. The highest BCUT2D eigenvalue weighted by Crippen LogP contribution is 2.55. The Morgan fingerprint density at radius 3 is 2.27 bits per heavy atom. The van der Waals surface area contributed by atoms with Gasteiger partial charge in [-0.2, -0.15) is 0 Å². The minimum absolute atomic E-state index is 0.00790. The number of benzene rings is 4. The summed E-state index contributed by atoms with van der Waals surface area (Å²) in [5, 5.41) is 0. The first kappa shape index (κ1) is 21.8. The van der Waals surface area contributed by atoms with Gasteiger partial charge in [-0.3, -0.25) is 4.79 Å². The summed E-state index contributed by atoms with van der Waals surface area (Å²) in [5.41, 5.74) is 3.94. The first-order valence-corrected chi connectivity index (χ1v) is 12.5. The van der Waals surface area contributed by atoms with Gasteiger partial charge in [-0.15, -0.1) is 0 Å². The highest BCUT2D eigenvalue weighted by molar-refractivity contribution is 6.11. The fourth-order valence-corrected chi connectivity index (χ4v) is 5.48. The molecule has 3 aliphatic rings. The third-order valence-electron chi connectivity index (χ3n) is 7.33. The smallest absolute Gasteiger partial charge is 0.246 e. The molecule has 6 heteroatoms. The molecular weight excluding hydrogens is 466 g/mol. The molecule has 0 saturated heterocycles. The molecule has 0 N–H and O–H groups in total. The van der Waals surface area contributed by atoms with Gasteiger partial charge in [0.2, 0.25) is 5.91 Å². The lowest BCUT2D eigenvalue weighted by atomic mass is 9.77. The van der Waals surface area contributed by atoms with Crippen LogP contribution in [0.25, 0.3) is 0 Å². The number of para-hydroxylation sites is 1. The quantitative estimate of drug-likeness (QED) is 0.381. The lowest BCUT2D eigenvalue weighted by Gasteiger charge is -2.24. The van der Waals surface area contributed by atoms with Crippen molar-refractivity contribution in [2.75, 3.05) is 24.7 Å². The Kier molecular flexibility index (Phi) is 5.06. The SMILES string of the molecule is O=C1N(Cc2ccc(OCc3ccccc3)cc2)c2ccccc2C12COc1cc3c(cc12)OCCO3. The van der Waals surface area contributed by atoms with Gasteiger partial charge >= 0.3 is 0 Å². The zero-order valence-electron chi connectivity index (χ0n) is 20.2. The number of nitrogens with zero attached hydrogens (tertiary/aromatic N) is 1. The molecule has 0 aromatic heterocycles. The Labute approximate surface area is 215 Å². The zero-order valence-corrected chi connectivity index (χ0v) is 20.2. The predicted molar refractivity (Wildman–Crippen MR) is 139 cm³/mol. The zero-order chi connectivity index (χ0) is 24.8. The Morgan fingerprint density at radius 1 is 0.730 bits per heavy atom. The average molecular weight is 492 g/mol. The molecule has 4 aromatic rings. The standard InChI is InChI=1S/C31H25NO5/c33-30-31(20-37-27-17-29-28(16-25(27)31)34-14-15-35-29)24-8-4-5-9-26(24)32(30)18-21-10-12-23(13-11-21)36-19-22-6-2-1-3-7-22/h1-13,16-17H,14-15,18-20H2. The van der Waals surface area contributed by atoms with E-state index in [2.05, 4.69) is 0 Å². The summed E-state index contributed by atoms with van der Waals surface area (Å²) in [6.45, 7) is 2.21. The summed E-state index contributed by atoms with van der Waals surface area (Å²) in [6, 6.07) is 29.8. The van der Waals surface area contributed by atoms with Gasteiger partial charge in [0.1, 0.15) is 43.3 Å². The van der Waals surface area contributed by atoms with Crippen LogP contribution in [-0.4, -0.2) is 25.7 Å². The number of anilines is 1. The van der Waals surface area contributed by atoms with Crippen LogP contribution in [-0.2, 0) is 23.4 Å². The molecule has 4 aromatic carbocycles. The number of ether oxygens (including phenoxy) is 4. The first-order chi connectivity index (χ1) is 18.2. The van der Waals surface area contributed by atoms with Crippen LogP contribution in [0.5, 0.6) is 23.0 Å². The summed E-state index contributed by atoms with van der Waals surface area (Å²) >= 11 is 0. The van der Waals surface area contributed by atoms with Crippen molar-refractivity contribution < 1.29 is 23.7 Å². The van der Waals surface area contributed by atoms with E-state index in [-0.39, 0.29) is 12.5 Å². The Bertz CT molecular complexity index is 1480. The molecule has 37 heavy (non-hydrogen) atoms. The fourth-order valence-electron chi connectivity index (χ4n) is 5.48. The first-order valence-electron chi connectivity index (χ1n) is 12.5. The minimum atomic E-state index is -0.902. The van der Waals surface area contributed by atoms with Crippen LogP contribution in [0.1, 0.15) is 22.3 Å². The number of hydrogen-bond donors (Lipinski definition) is 0. The summed E-state index contributed by atoms with van der Waals surface area (Å²) in [6.07, 6.45) is 0. The molecule has 1 amide bonds. The van der Waals surface area contributed by atoms with Crippen LogP contribution in [0.15, 0.2) is 91.0 Å². The Morgan fingerprint density at radius 2 is 1.46 bits per heavy atom. The summed E-state index contributed by atoms with van der Waals surface area (Å²) in [5.74, 6) is 2.79. The fraction of sp³-hybridized carbons (Fsp3) is 0.194. The van der Waals surface area contributed by atoms with E-state index in [4.69, 9.17) is 18.9 Å². The molecule has 7 rings (SSSR count). The van der Waals surface area contributed by atoms with Crippen molar-refractivity contribution in [3.63, 3.8) is 0 Å². The summed E-state index contributed by atoms with van der Waals surface area (Å²) in [4.78, 5) is 16.1. The van der Waals surface area contributed by atoms with E-state index in [0.717, 1.165) is 33.7 Å². The van der Waals surface area contributed by atoms with Crippen molar-refractivity contribution in [2.45, 2.75) is 18.6 Å². The molecule has 6 nitrogen and oxygen atoms in total. The topological polar surface area (TPSA) is 57.2 Å². The van der Waals surface area contributed by atoms with Crippen LogP contribution >= 0.6 is 0 Å². The van der Waals surface area contributed by atoms with Gasteiger partial charge < -0.3 is 23.8 Å². The van der Waals surface area contributed by atoms with Crippen LogP contribution in [0, 0.1) is 0 Å².